The van der Waals surface area contributed by atoms with Gasteiger partial charge in [-0.2, -0.15) is 0 Å². The molecule has 2 N–H and O–H groups in total. The molecule has 1 atom stereocenters. The highest BCUT2D eigenvalue weighted by Crippen LogP contribution is 2.25. The number of hydrogen-bond donors (Lipinski definition) is 2. The number of nitrogens with zero attached hydrogens (tertiary/aromatic N) is 1. The summed E-state index contributed by atoms with van der Waals surface area (Å²) in [5.74, 6) is -1.29. The predicted molar refractivity (Wildman–Crippen MR) is 80.0 cm³/mol. The Morgan fingerprint density at radius 3 is 2.45 bits per heavy atom. The van der Waals surface area contributed by atoms with Crippen LogP contribution in [0.3, 0.4) is 0 Å². The number of amides is 2. The zero-order chi connectivity index (χ0) is 14.9. The molecule has 0 aromatic heterocycles. The summed E-state index contributed by atoms with van der Waals surface area (Å²) in [7, 11) is 0. The van der Waals surface area contributed by atoms with Crippen LogP contribution in [0.2, 0.25) is 0 Å². The van der Waals surface area contributed by atoms with Gasteiger partial charge in [0.15, 0.2) is 0 Å². The quantitative estimate of drug-likeness (QED) is 0.869. The summed E-state index contributed by atoms with van der Waals surface area (Å²) >= 11 is 3.48. The molecule has 5 nitrogen and oxygen atoms in total. The molecule has 108 valence electrons. The van der Waals surface area contributed by atoms with Crippen LogP contribution in [0.1, 0.15) is 17.5 Å². The van der Waals surface area contributed by atoms with Crippen molar-refractivity contribution in [1.29, 1.82) is 0 Å². The van der Waals surface area contributed by atoms with Gasteiger partial charge in [-0.05, 0) is 43.5 Å². The highest BCUT2D eigenvalue weighted by atomic mass is 79.9. The van der Waals surface area contributed by atoms with Crippen molar-refractivity contribution in [3.8, 4) is 0 Å². The van der Waals surface area contributed by atoms with Crippen LogP contribution in [0.25, 0.3) is 0 Å². The van der Waals surface area contributed by atoms with Crippen LogP contribution in [-0.4, -0.2) is 35.1 Å². The number of likely N-dealkylation sites (tertiary alicyclic amines) is 1. The molecular formula is C14H17BrN2O3. The highest BCUT2D eigenvalue weighted by Gasteiger charge is 2.30. The molecule has 1 heterocycles. The number of carbonyl (C=O) groups excluding carboxylic acids is 1. The molecule has 1 aliphatic heterocycles. The Morgan fingerprint density at radius 1 is 1.35 bits per heavy atom. The van der Waals surface area contributed by atoms with Crippen LogP contribution in [0.4, 0.5) is 10.5 Å². The van der Waals surface area contributed by atoms with Gasteiger partial charge >= 0.3 is 12.0 Å². The maximum atomic E-state index is 12.1. The SMILES string of the molecule is Cc1cc(NC(=O)N2CCC(C(=O)O)C2)cc(C)c1Br. The van der Waals surface area contributed by atoms with Crippen LogP contribution in [0.15, 0.2) is 16.6 Å². The standard InChI is InChI=1S/C14H17BrN2O3/c1-8-5-11(6-9(2)12(8)15)16-14(20)17-4-3-10(7-17)13(18)19/h5-6,10H,3-4,7H2,1-2H3,(H,16,20)(H,18,19). The maximum Gasteiger partial charge on any atom is 0.321 e. The van der Waals surface area contributed by atoms with E-state index in [0.29, 0.717) is 13.0 Å². The highest BCUT2D eigenvalue weighted by molar-refractivity contribution is 9.10. The van der Waals surface area contributed by atoms with Crippen molar-refractivity contribution in [2.75, 3.05) is 18.4 Å². The van der Waals surface area contributed by atoms with E-state index in [-0.39, 0.29) is 12.6 Å². The Balaban J connectivity index is 2.04. The third-order valence-corrected chi connectivity index (χ3v) is 4.76. The van der Waals surface area contributed by atoms with Gasteiger partial charge in [-0.25, -0.2) is 4.79 Å². The van der Waals surface area contributed by atoms with E-state index in [4.69, 9.17) is 5.11 Å². The molecule has 1 unspecified atom stereocenters. The Kier molecular flexibility index (Phi) is 4.32. The fourth-order valence-electron chi connectivity index (χ4n) is 2.37. The second-order valence-corrected chi connectivity index (χ2v) is 5.92. The van der Waals surface area contributed by atoms with Gasteiger partial charge in [0.25, 0.3) is 0 Å². The van der Waals surface area contributed by atoms with Crippen molar-refractivity contribution in [2.45, 2.75) is 20.3 Å². The van der Waals surface area contributed by atoms with Gasteiger partial charge in [0.05, 0.1) is 5.92 Å². The third-order valence-electron chi connectivity index (χ3n) is 3.51. The van der Waals surface area contributed by atoms with Crippen molar-refractivity contribution in [3.63, 3.8) is 0 Å². The van der Waals surface area contributed by atoms with Crippen LogP contribution in [-0.2, 0) is 4.79 Å². The van der Waals surface area contributed by atoms with Crippen molar-refractivity contribution >= 4 is 33.6 Å². The number of carboxylic acids is 1. The minimum absolute atomic E-state index is 0.241. The molecule has 20 heavy (non-hydrogen) atoms. The topological polar surface area (TPSA) is 69.6 Å². The molecule has 0 bridgehead atoms. The van der Waals surface area contributed by atoms with E-state index in [1.54, 1.807) is 4.90 Å². The van der Waals surface area contributed by atoms with E-state index in [2.05, 4.69) is 21.2 Å². The molecule has 6 heteroatoms. The number of hydrogen-bond acceptors (Lipinski definition) is 2. The molecule has 0 spiro atoms. The first-order valence-corrected chi connectivity index (χ1v) is 7.23. The summed E-state index contributed by atoms with van der Waals surface area (Å²) in [5.41, 5.74) is 2.82. The first-order chi connectivity index (χ1) is 9.38. The largest absolute Gasteiger partial charge is 0.481 e. The summed E-state index contributed by atoms with van der Waals surface area (Å²) in [6.45, 7) is 4.68. The molecule has 1 aromatic carbocycles. The number of carboxylic acid groups (broad SMARTS) is 1. The summed E-state index contributed by atoms with van der Waals surface area (Å²) in [6.07, 6.45) is 0.515. The smallest absolute Gasteiger partial charge is 0.321 e. The van der Waals surface area contributed by atoms with Crippen LogP contribution < -0.4 is 5.32 Å². The number of urea groups is 1. The molecule has 2 amide bonds. The normalized spacial score (nSPS) is 18.1. The number of rotatable bonds is 2. The lowest BCUT2D eigenvalue weighted by Gasteiger charge is -2.17. The van der Waals surface area contributed by atoms with E-state index in [9.17, 15) is 9.59 Å². The van der Waals surface area contributed by atoms with Crippen LogP contribution in [0, 0.1) is 19.8 Å². The summed E-state index contributed by atoms with van der Waals surface area (Å²) < 4.78 is 1.03. The van der Waals surface area contributed by atoms with Crippen LogP contribution >= 0.6 is 15.9 Å². The predicted octanol–water partition coefficient (Wildman–Crippen LogP) is 3.00. The molecule has 2 rings (SSSR count). The summed E-state index contributed by atoms with van der Waals surface area (Å²) in [6, 6.07) is 3.54. The van der Waals surface area contributed by atoms with E-state index >= 15 is 0 Å². The van der Waals surface area contributed by atoms with Gasteiger partial charge in [0, 0.05) is 23.2 Å². The average molecular weight is 341 g/mol. The Hall–Kier alpha value is -1.56. The number of carbonyl (C=O) groups is 2. The van der Waals surface area contributed by atoms with E-state index < -0.39 is 11.9 Å². The van der Waals surface area contributed by atoms with Gasteiger partial charge in [-0.1, -0.05) is 15.9 Å². The van der Waals surface area contributed by atoms with Gasteiger partial charge in [0.2, 0.25) is 0 Å². The second kappa shape index (κ2) is 5.83. The summed E-state index contributed by atoms with van der Waals surface area (Å²) in [5, 5.41) is 11.8. The van der Waals surface area contributed by atoms with Crippen molar-refractivity contribution in [2.24, 2.45) is 5.92 Å². The Labute approximate surface area is 126 Å². The van der Waals surface area contributed by atoms with Gasteiger partial charge in [-0.3, -0.25) is 4.79 Å². The molecule has 1 aliphatic rings. The number of aliphatic carboxylic acids is 1. The molecule has 1 aromatic rings. The third kappa shape index (κ3) is 3.12. The van der Waals surface area contributed by atoms with E-state index in [1.165, 1.54) is 0 Å². The lowest BCUT2D eigenvalue weighted by molar-refractivity contribution is -0.141. The van der Waals surface area contributed by atoms with Crippen molar-refractivity contribution < 1.29 is 14.7 Å². The molecular weight excluding hydrogens is 324 g/mol. The zero-order valence-electron chi connectivity index (χ0n) is 11.4. The molecule has 0 saturated carbocycles. The number of benzene rings is 1. The first kappa shape index (κ1) is 14.8. The van der Waals surface area contributed by atoms with E-state index in [1.807, 2.05) is 26.0 Å². The van der Waals surface area contributed by atoms with Crippen LogP contribution in [0.5, 0.6) is 0 Å². The Bertz CT molecular complexity index is 536. The fraction of sp³-hybridized carbons (Fsp3) is 0.429. The molecule has 1 fully saturated rings. The minimum Gasteiger partial charge on any atom is -0.481 e. The summed E-state index contributed by atoms with van der Waals surface area (Å²) in [4.78, 5) is 24.5. The molecule has 1 saturated heterocycles. The number of nitrogens with one attached hydrogen (secondary N) is 1. The first-order valence-electron chi connectivity index (χ1n) is 6.44. The number of aryl methyl sites for hydroxylation is 2. The number of anilines is 1. The van der Waals surface area contributed by atoms with E-state index in [0.717, 1.165) is 21.3 Å². The fourth-order valence-corrected chi connectivity index (χ4v) is 2.60. The maximum absolute atomic E-state index is 12.1. The monoisotopic (exact) mass is 340 g/mol. The minimum atomic E-state index is -0.837. The van der Waals surface area contributed by atoms with Crippen molar-refractivity contribution in [3.05, 3.63) is 27.7 Å². The van der Waals surface area contributed by atoms with Gasteiger partial charge in [-0.15, -0.1) is 0 Å². The molecule has 0 radical (unpaired) electrons. The lowest BCUT2D eigenvalue weighted by atomic mass is 10.1. The lowest BCUT2D eigenvalue weighted by Crippen LogP contribution is -2.33. The molecule has 0 aliphatic carbocycles. The van der Waals surface area contributed by atoms with Gasteiger partial charge in [0.1, 0.15) is 0 Å². The van der Waals surface area contributed by atoms with Crippen molar-refractivity contribution in [1.82, 2.24) is 4.90 Å². The Morgan fingerprint density at radius 2 is 1.95 bits per heavy atom. The average Bonchev–Trinajstić information content (AvgIpc) is 2.85. The number of halogens is 1. The second-order valence-electron chi connectivity index (χ2n) is 5.12. The van der Waals surface area contributed by atoms with Gasteiger partial charge < -0.3 is 15.3 Å². The zero-order valence-corrected chi connectivity index (χ0v) is 13.0.